The summed E-state index contributed by atoms with van der Waals surface area (Å²) in [5.74, 6) is -0.350. The summed E-state index contributed by atoms with van der Waals surface area (Å²) in [5, 5.41) is 6.97. The molecule has 0 atom stereocenters. The van der Waals surface area contributed by atoms with E-state index in [4.69, 9.17) is 0 Å². The Hall–Kier alpha value is -2.68. The molecule has 3 fully saturated rings. The Bertz CT molecular complexity index is 983. The topological polar surface area (TPSA) is 70.2 Å². The predicted octanol–water partition coefficient (Wildman–Crippen LogP) is 4.62. The van der Waals surface area contributed by atoms with Crippen molar-refractivity contribution in [1.29, 1.82) is 0 Å². The lowest BCUT2D eigenvalue weighted by molar-refractivity contribution is -0.144. The summed E-state index contributed by atoms with van der Waals surface area (Å²) in [4.78, 5) is 21.0. The lowest BCUT2D eigenvalue weighted by atomic mass is 9.69. The summed E-state index contributed by atoms with van der Waals surface area (Å²) in [7, 11) is 0. The number of aromatic nitrogens is 2. The van der Waals surface area contributed by atoms with Crippen molar-refractivity contribution in [1.82, 2.24) is 20.6 Å². The summed E-state index contributed by atoms with van der Waals surface area (Å²) < 4.78 is 38.4. The lowest BCUT2D eigenvalue weighted by Crippen LogP contribution is -2.54. The van der Waals surface area contributed by atoms with E-state index < -0.39 is 17.5 Å². The summed E-state index contributed by atoms with van der Waals surface area (Å²) in [6.45, 7) is 1.38. The van der Waals surface area contributed by atoms with Crippen LogP contribution >= 0.6 is 0 Å². The minimum atomic E-state index is -4.61. The zero-order valence-corrected chi connectivity index (χ0v) is 18.4. The first-order valence-electron chi connectivity index (χ1n) is 11.6. The average molecular weight is 460 g/mol. The molecule has 2 aliphatic carbocycles. The van der Waals surface area contributed by atoms with E-state index in [1.165, 1.54) is 29.7 Å². The maximum absolute atomic E-state index is 12.8. The molecule has 6 nitrogen and oxygen atoms in total. The van der Waals surface area contributed by atoms with Crippen LogP contribution in [0.5, 0.6) is 0 Å². The average Bonchev–Trinajstić information content (AvgIpc) is 3.58. The Morgan fingerprint density at radius 1 is 1.06 bits per heavy atom. The Kier molecular flexibility index (Phi) is 5.55. The van der Waals surface area contributed by atoms with Crippen molar-refractivity contribution in [2.24, 2.45) is 5.92 Å². The van der Waals surface area contributed by atoms with Gasteiger partial charge in [-0.2, -0.15) is 13.2 Å². The number of nitrogens with one attached hydrogen (secondary N) is 2. The number of amides is 2. The fourth-order valence-corrected chi connectivity index (χ4v) is 5.21. The van der Waals surface area contributed by atoms with Crippen molar-refractivity contribution in [3.8, 4) is 0 Å². The molecule has 2 N–H and O–H groups in total. The van der Waals surface area contributed by atoms with Crippen LogP contribution in [0.25, 0.3) is 0 Å². The highest BCUT2D eigenvalue weighted by Crippen LogP contribution is 2.44. The number of hydrogen-bond donors (Lipinski definition) is 2. The molecular weight excluding hydrogens is 431 g/mol. The summed E-state index contributed by atoms with van der Waals surface area (Å²) >= 11 is 0. The molecule has 9 heteroatoms. The van der Waals surface area contributed by atoms with E-state index in [2.05, 4.69) is 44.9 Å². The fraction of sp³-hybridized carbons (Fsp3) is 0.542. The monoisotopic (exact) mass is 459 g/mol. The van der Waals surface area contributed by atoms with Crippen molar-refractivity contribution in [2.45, 2.75) is 62.2 Å². The zero-order valence-electron chi connectivity index (χ0n) is 18.4. The quantitative estimate of drug-likeness (QED) is 0.661. The molecule has 33 heavy (non-hydrogen) atoms. The van der Waals surface area contributed by atoms with Gasteiger partial charge in [0.25, 0.3) is 0 Å². The number of rotatable bonds is 6. The maximum atomic E-state index is 12.8. The van der Waals surface area contributed by atoms with Crippen LogP contribution in [0.4, 0.5) is 23.7 Å². The smallest absolute Gasteiger partial charge is 0.330 e. The molecule has 1 aromatic carbocycles. The number of carbonyl (C=O) groups is 1. The second kappa shape index (κ2) is 8.27. The van der Waals surface area contributed by atoms with Gasteiger partial charge in [-0.25, -0.2) is 14.8 Å². The molecule has 2 amide bonds. The standard InChI is InChI=1S/C24H28F3N5O/c25-24(26,27)20-28-14-19(15-29-20)32-16-22(31-21(32)33)9-11-23(12-10-22,18-4-2-1-3-5-18)30-13-8-17-6-7-17/h1-5,14-15,17,30H,6-13,16H2,(H,31,33). The van der Waals surface area contributed by atoms with E-state index in [1.54, 1.807) is 0 Å². The van der Waals surface area contributed by atoms with Crippen molar-refractivity contribution in [3.05, 3.63) is 54.1 Å². The van der Waals surface area contributed by atoms with Crippen LogP contribution in [0, 0.1) is 5.92 Å². The molecule has 3 aliphatic rings. The van der Waals surface area contributed by atoms with Crippen LogP contribution in [0.1, 0.15) is 56.3 Å². The van der Waals surface area contributed by atoms with E-state index in [9.17, 15) is 18.0 Å². The second-order valence-electron chi connectivity index (χ2n) is 9.67. The molecule has 2 heterocycles. The molecule has 0 unspecified atom stereocenters. The molecule has 1 aliphatic heterocycles. The normalized spacial score (nSPS) is 27.7. The van der Waals surface area contributed by atoms with Crippen molar-refractivity contribution in [2.75, 3.05) is 18.0 Å². The molecule has 2 aromatic rings. The third-order valence-electron chi connectivity index (χ3n) is 7.38. The minimum Gasteiger partial charge on any atom is -0.330 e. The van der Waals surface area contributed by atoms with Crippen LogP contribution in [0.2, 0.25) is 0 Å². The van der Waals surface area contributed by atoms with Gasteiger partial charge >= 0.3 is 12.2 Å². The summed E-state index contributed by atoms with van der Waals surface area (Å²) in [6.07, 6.45) is 4.71. The van der Waals surface area contributed by atoms with Gasteiger partial charge in [-0.15, -0.1) is 0 Å². The first-order valence-corrected chi connectivity index (χ1v) is 11.6. The number of anilines is 1. The Labute approximate surface area is 191 Å². The largest absolute Gasteiger partial charge is 0.451 e. The minimum absolute atomic E-state index is 0.128. The van der Waals surface area contributed by atoms with Crippen LogP contribution in [-0.4, -0.2) is 34.6 Å². The molecule has 1 saturated heterocycles. The van der Waals surface area contributed by atoms with E-state index in [1.807, 2.05) is 6.07 Å². The molecule has 0 radical (unpaired) electrons. The van der Waals surface area contributed by atoms with Gasteiger partial charge in [-0.05, 0) is 50.1 Å². The molecule has 0 bridgehead atoms. The first-order chi connectivity index (χ1) is 15.8. The Morgan fingerprint density at radius 3 is 2.33 bits per heavy atom. The van der Waals surface area contributed by atoms with Gasteiger partial charge in [0.05, 0.1) is 30.2 Å². The van der Waals surface area contributed by atoms with Gasteiger partial charge in [0, 0.05) is 5.54 Å². The first kappa shape index (κ1) is 22.1. The molecular formula is C24H28F3N5O. The molecule has 1 spiro atoms. The lowest BCUT2D eigenvalue weighted by Gasteiger charge is -2.45. The van der Waals surface area contributed by atoms with E-state index >= 15 is 0 Å². The Morgan fingerprint density at radius 2 is 1.73 bits per heavy atom. The van der Waals surface area contributed by atoms with Gasteiger partial charge in [0.1, 0.15) is 0 Å². The van der Waals surface area contributed by atoms with Crippen molar-refractivity contribution < 1.29 is 18.0 Å². The summed E-state index contributed by atoms with van der Waals surface area (Å²) in [6, 6.07) is 10.2. The third-order valence-corrected chi connectivity index (χ3v) is 7.38. The number of carbonyl (C=O) groups excluding carboxylic acids is 1. The van der Waals surface area contributed by atoms with E-state index in [0.717, 1.165) is 50.5 Å². The van der Waals surface area contributed by atoms with Crippen molar-refractivity contribution in [3.63, 3.8) is 0 Å². The van der Waals surface area contributed by atoms with Crippen LogP contribution < -0.4 is 15.5 Å². The van der Waals surface area contributed by atoms with Gasteiger partial charge in [-0.3, -0.25) is 4.90 Å². The van der Waals surface area contributed by atoms with E-state index in [0.29, 0.717) is 6.54 Å². The number of nitrogens with zero attached hydrogens (tertiary/aromatic N) is 3. The number of alkyl halides is 3. The van der Waals surface area contributed by atoms with Gasteiger partial charge in [-0.1, -0.05) is 43.2 Å². The number of halogens is 3. The highest BCUT2D eigenvalue weighted by molar-refractivity contribution is 5.95. The number of urea groups is 1. The summed E-state index contributed by atoms with van der Waals surface area (Å²) in [5.41, 5.74) is 1.01. The second-order valence-corrected chi connectivity index (χ2v) is 9.67. The van der Waals surface area contributed by atoms with Crippen LogP contribution in [-0.2, 0) is 11.7 Å². The Balaban J connectivity index is 1.29. The maximum Gasteiger partial charge on any atom is 0.451 e. The predicted molar refractivity (Wildman–Crippen MR) is 118 cm³/mol. The number of benzene rings is 1. The zero-order chi connectivity index (χ0) is 23.1. The van der Waals surface area contributed by atoms with Crippen LogP contribution in [0.15, 0.2) is 42.7 Å². The van der Waals surface area contributed by atoms with Crippen LogP contribution in [0.3, 0.4) is 0 Å². The third kappa shape index (κ3) is 4.55. The van der Waals surface area contributed by atoms with E-state index in [-0.39, 0.29) is 17.3 Å². The van der Waals surface area contributed by atoms with Crippen molar-refractivity contribution >= 4 is 11.7 Å². The van der Waals surface area contributed by atoms with Gasteiger partial charge in [0.2, 0.25) is 5.82 Å². The highest BCUT2D eigenvalue weighted by Gasteiger charge is 2.49. The molecule has 1 aromatic heterocycles. The van der Waals surface area contributed by atoms with Gasteiger partial charge in [0.15, 0.2) is 0 Å². The molecule has 176 valence electrons. The fourth-order valence-electron chi connectivity index (χ4n) is 5.21. The molecule has 5 rings (SSSR count). The SMILES string of the molecule is O=C1NC2(CCC(NCCC3CC3)(c3ccccc3)CC2)CN1c1cnc(C(F)(F)F)nc1. The number of hydrogen-bond acceptors (Lipinski definition) is 4. The molecule has 2 saturated carbocycles. The van der Waals surface area contributed by atoms with Gasteiger partial charge < -0.3 is 10.6 Å². The highest BCUT2D eigenvalue weighted by atomic mass is 19.4.